The molecule has 2 rings (SSSR count). The molecule has 98 valence electrons. The van der Waals surface area contributed by atoms with E-state index in [0.29, 0.717) is 18.5 Å². The van der Waals surface area contributed by atoms with E-state index in [0.717, 1.165) is 24.9 Å². The molecule has 0 aliphatic carbocycles. The Morgan fingerprint density at radius 1 is 1.33 bits per heavy atom. The van der Waals surface area contributed by atoms with Crippen molar-refractivity contribution in [3.63, 3.8) is 0 Å². The maximum Gasteiger partial charge on any atom is 0.224 e. The lowest BCUT2D eigenvalue weighted by molar-refractivity contribution is -0.121. The number of aryl methyl sites for hydroxylation is 1. The summed E-state index contributed by atoms with van der Waals surface area (Å²) < 4.78 is 0. The van der Waals surface area contributed by atoms with Gasteiger partial charge in [-0.2, -0.15) is 0 Å². The molecule has 1 amide bonds. The maximum absolute atomic E-state index is 11.9. The molecule has 3 nitrogen and oxygen atoms in total. The number of carbonyl (C=O) groups excluding carboxylic acids is 1. The van der Waals surface area contributed by atoms with Gasteiger partial charge in [0.1, 0.15) is 0 Å². The van der Waals surface area contributed by atoms with Crippen molar-refractivity contribution in [1.29, 1.82) is 0 Å². The molecule has 0 spiro atoms. The SMILES string of the molecule is Cc1ccc(CC(=O)NC2CCC(C)NC2)cc1. The molecule has 1 saturated heterocycles. The minimum atomic E-state index is 0.125. The Morgan fingerprint density at radius 3 is 2.67 bits per heavy atom. The lowest BCUT2D eigenvalue weighted by Gasteiger charge is -2.28. The van der Waals surface area contributed by atoms with E-state index in [-0.39, 0.29) is 5.91 Å². The van der Waals surface area contributed by atoms with Gasteiger partial charge in [0, 0.05) is 18.6 Å². The lowest BCUT2D eigenvalue weighted by atomic mass is 10.0. The van der Waals surface area contributed by atoms with E-state index in [2.05, 4.69) is 24.5 Å². The second kappa shape index (κ2) is 6.01. The zero-order valence-corrected chi connectivity index (χ0v) is 11.2. The van der Waals surface area contributed by atoms with Gasteiger partial charge in [0.15, 0.2) is 0 Å². The van der Waals surface area contributed by atoms with E-state index in [1.54, 1.807) is 0 Å². The Labute approximate surface area is 109 Å². The van der Waals surface area contributed by atoms with Gasteiger partial charge in [0.2, 0.25) is 5.91 Å². The van der Waals surface area contributed by atoms with E-state index in [1.807, 2.05) is 24.3 Å². The first-order valence-corrected chi connectivity index (χ1v) is 6.72. The summed E-state index contributed by atoms with van der Waals surface area (Å²) >= 11 is 0. The fourth-order valence-corrected chi connectivity index (χ4v) is 2.29. The fourth-order valence-electron chi connectivity index (χ4n) is 2.29. The van der Waals surface area contributed by atoms with Crippen molar-refractivity contribution < 1.29 is 4.79 Å². The molecule has 2 atom stereocenters. The Hall–Kier alpha value is -1.35. The number of carbonyl (C=O) groups is 1. The summed E-state index contributed by atoms with van der Waals surface area (Å²) in [6, 6.07) is 9.01. The minimum absolute atomic E-state index is 0.125. The van der Waals surface area contributed by atoms with Crippen LogP contribution < -0.4 is 10.6 Å². The summed E-state index contributed by atoms with van der Waals surface area (Å²) in [5, 5.41) is 6.50. The highest BCUT2D eigenvalue weighted by molar-refractivity contribution is 5.78. The summed E-state index contributed by atoms with van der Waals surface area (Å²) in [5.74, 6) is 0.125. The molecule has 1 aromatic carbocycles. The molecule has 0 aromatic heterocycles. The highest BCUT2D eigenvalue weighted by Gasteiger charge is 2.18. The van der Waals surface area contributed by atoms with Crippen LogP contribution in [0.3, 0.4) is 0 Å². The fraction of sp³-hybridized carbons (Fsp3) is 0.533. The van der Waals surface area contributed by atoms with Gasteiger partial charge < -0.3 is 10.6 Å². The average Bonchev–Trinajstić information content (AvgIpc) is 2.35. The normalized spacial score (nSPS) is 23.7. The Bertz CT molecular complexity index is 391. The van der Waals surface area contributed by atoms with Gasteiger partial charge >= 0.3 is 0 Å². The van der Waals surface area contributed by atoms with Crippen LogP contribution in [0, 0.1) is 6.92 Å². The second-order valence-corrected chi connectivity index (χ2v) is 5.31. The zero-order valence-electron chi connectivity index (χ0n) is 11.2. The molecule has 0 radical (unpaired) electrons. The molecular weight excluding hydrogens is 224 g/mol. The summed E-state index contributed by atoms with van der Waals surface area (Å²) in [5.41, 5.74) is 2.31. The zero-order chi connectivity index (χ0) is 13.0. The van der Waals surface area contributed by atoms with Crippen molar-refractivity contribution in [3.8, 4) is 0 Å². The van der Waals surface area contributed by atoms with Crippen molar-refractivity contribution in [2.45, 2.75) is 45.2 Å². The van der Waals surface area contributed by atoms with E-state index in [1.165, 1.54) is 5.56 Å². The molecule has 18 heavy (non-hydrogen) atoms. The van der Waals surface area contributed by atoms with Crippen LogP contribution in [0.2, 0.25) is 0 Å². The Balaban J connectivity index is 1.80. The summed E-state index contributed by atoms with van der Waals surface area (Å²) in [7, 11) is 0. The number of rotatable bonds is 3. The first-order valence-electron chi connectivity index (χ1n) is 6.72. The Morgan fingerprint density at radius 2 is 2.06 bits per heavy atom. The molecular formula is C15H22N2O. The van der Waals surface area contributed by atoms with E-state index in [9.17, 15) is 4.79 Å². The van der Waals surface area contributed by atoms with E-state index < -0.39 is 0 Å². The third-order valence-electron chi connectivity index (χ3n) is 3.51. The maximum atomic E-state index is 11.9. The van der Waals surface area contributed by atoms with Crippen molar-refractivity contribution in [3.05, 3.63) is 35.4 Å². The molecule has 2 unspecified atom stereocenters. The highest BCUT2D eigenvalue weighted by atomic mass is 16.1. The van der Waals surface area contributed by atoms with Gasteiger partial charge in [0.25, 0.3) is 0 Å². The number of hydrogen-bond acceptors (Lipinski definition) is 2. The lowest BCUT2D eigenvalue weighted by Crippen LogP contribution is -2.49. The first-order chi connectivity index (χ1) is 8.63. The smallest absolute Gasteiger partial charge is 0.224 e. The van der Waals surface area contributed by atoms with Gasteiger partial charge in [-0.25, -0.2) is 0 Å². The van der Waals surface area contributed by atoms with Crippen LogP contribution in [-0.4, -0.2) is 24.5 Å². The van der Waals surface area contributed by atoms with Crippen LogP contribution in [0.15, 0.2) is 24.3 Å². The molecule has 2 N–H and O–H groups in total. The molecule has 3 heteroatoms. The predicted molar refractivity (Wildman–Crippen MR) is 73.5 cm³/mol. The number of nitrogens with one attached hydrogen (secondary N) is 2. The summed E-state index contributed by atoms with van der Waals surface area (Å²) in [6.07, 6.45) is 2.69. The van der Waals surface area contributed by atoms with E-state index >= 15 is 0 Å². The molecule has 1 aromatic rings. The van der Waals surface area contributed by atoms with Crippen LogP contribution in [0.5, 0.6) is 0 Å². The van der Waals surface area contributed by atoms with Crippen molar-refractivity contribution in [1.82, 2.24) is 10.6 Å². The van der Waals surface area contributed by atoms with E-state index in [4.69, 9.17) is 0 Å². The van der Waals surface area contributed by atoms with Gasteiger partial charge in [-0.3, -0.25) is 4.79 Å². The number of hydrogen-bond donors (Lipinski definition) is 2. The number of amides is 1. The van der Waals surface area contributed by atoms with Crippen LogP contribution in [0.1, 0.15) is 30.9 Å². The van der Waals surface area contributed by atoms with Crippen molar-refractivity contribution in [2.24, 2.45) is 0 Å². The molecule has 1 fully saturated rings. The minimum Gasteiger partial charge on any atom is -0.352 e. The molecule has 1 heterocycles. The third-order valence-corrected chi connectivity index (χ3v) is 3.51. The number of piperidine rings is 1. The summed E-state index contributed by atoms with van der Waals surface area (Å²) in [6.45, 7) is 5.13. The standard InChI is InChI=1S/C15H22N2O/c1-11-3-6-13(7-4-11)9-15(18)17-14-8-5-12(2)16-10-14/h3-4,6-7,12,14,16H,5,8-10H2,1-2H3,(H,17,18). The monoisotopic (exact) mass is 246 g/mol. The quantitative estimate of drug-likeness (QED) is 0.854. The second-order valence-electron chi connectivity index (χ2n) is 5.31. The van der Waals surface area contributed by atoms with Gasteiger partial charge in [-0.05, 0) is 32.3 Å². The highest BCUT2D eigenvalue weighted by Crippen LogP contribution is 2.08. The van der Waals surface area contributed by atoms with Crippen LogP contribution in [0.4, 0.5) is 0 Å². The Kier molecular flexibility index (Phi) is 4.37. The van der Waals surface area contributed by atoms with Crippen molar-refractivity contribution >= 4 is 5.91 Å². The van der Waals surface area contributed by atoms with Gasteiger partial charge in [0.05, 0.1) is 6.42 Å². The molecule has 0 bridgehead atoms. The third kappa shape index (κ3) is 3.84. The van der Waals surface area contributed by atoms with Gasteiger partial charge in [-0.15, -0.1) is 0 Å². The predicted octanol–water partition coefficient (Wildman–Crippen LogP) is 1.79. The van der Waals surface area contributed by atoms with Crippen molar-refractivity contribution in [2.75, 3.05) is 6.54 Å². The van der Waals surface area contributed by atoms with Crippen LogP contribution in [-0.2, 0) is 11.2 Å². The molecule has 0 saturated carbocycles. The topological polar surface area (TPSA) is 41.1 Å². The molecule has 1 aliphatic heterocycles. The van der Waals surface area contributed by atoms with Crippen LogP contribution in [0.25, 0.3) is 0 Å². The number of benzene rings is 1. The summed E-state index contributed by atoms with van der Waals surface area (Å²) in [4.78, 5) is 11.9. The average molecular weight is 246 g/mol. The largest absolute Gasteiger partial charge is 0.352 e. The molecule has 1 aliphatic rings. The first kappa shape index (κ1) is 13.1. The van der Waals surface area contributed by atoms with Crippen LogP contribution >= 0.6 is 0 Å². The van der Waals surface area contributed by atoms with Gasteiger partial charge in [-0.1, -0.05) is 29.8 Å².